The fourth-order valence-corrected chi connectivity index (χ4v) is 2.85. The lowest BCUT2D eigenvalue weighted by atomic mass is 9.97. The highest BCUT2D eigenvalue weighted by molar-refractivity contribution is 6.31. The number of benzene rings is 2. The molecule has 1 N–H and O–H groups in total. The molecule has 0 aliphatic heterocycles. The van der Waals surface area contributed by atoms with Crippen LogP contribution in [0.2, 0.25) is 5.02 Å². The molecule has 0 amide bonds. The summed E-state index contributed by atoms with van der Waals surface area (Å²) in [6, 6.07) is 15.4. The molecule has 21 heavy (non-hydrogen) atoms. The summed E-state index contributed by atoms with van der Waals surface area (Å²) in [6.07, 6.45) is 2.08. The third-order valence-corrected chi connectivity index (χ3v) is 4.06. The van der Waals surface area contributed by atoms with Crippen LogP contribution in [0, 0.1) is 13.8 Å². The van der Waals surface area contributed by atoms with E-state index in [2.05, 4.69) is 62.5 Å². The van der Waals surface area contributed by atoms with Crippen LogP contribution in [0.25, 0.3) is 0 Å². The second-order valence-electron chi connectivity index (χ2n) is 5.72. The SMILES string of the molecule is CCCNC(Cc1ccc(C)cc1)c1ccc(C)cc1Cl. The summed E-state index contributed by atoms with van der Waals surface area (Å²) in [5, 5.41) is 4.48. The quantitative estimate of drug-likeness (QED) is 0.769. The third kappa shape index (κ3) is 4.59. The summed E-state index contributed by atoms with van der Waals surface area (Å²) in [7, 11) is 0. The van der Waals surface area contributed by atoms with Gasteiger partial charge in [0.1, 0.15) is 0 Å². The van der Waals surface area contributed by atoms with Crippen LogP contribution in [0.1, 0.15) is 41.6 Å². The van der Waals surface area contributed by atoms with E-state index >= 15 is 0 Å². The van der Waals surface area contributed by atoms with Crippen molar-refractivity contribution in [1.82, 2.24) is 5.32 Å². The van der Waals surface area contributed by atoms with Gasteiger partial charge < -0.3 is 5.32 Å². The topological polar surface area (TPSA) is 12.0 Å². The highest BCUT2D eigenvalue weighted by Gasteiger charge is 2.14. The number of rotatable bonds is 6. The molecule has 1 atom stereocenters. The molecule has 112 valence electrons. The van der Waals surface area contributed by atoms with Gasteiger partial charge in [-0.25, -0.2) is 0 Å². The third-order valence-electron chi connectivity index (χ3n) is 3.73. The van der Waals surface area contributed by atoms with Gasteiger partial charge in [-0.3, -0.25) is 0 Å². The van der Waals surface area contributed by atoms with E-state index in [-0.39, 0.29) is 6.04 Å². The van der Waals surface area contributed by atoms with Crippen molar-refractivity contribution in [2.24, 2.45) is 0 Å². The van der Waals surface area contributed by atoms with Crippen molar-refractivity contribution in [3.63, 3.8) is 0 Å². The zero-order valence-corrected chi connectivity index (χ0v) is 13.9. The van der Waals surface area contributed by atoms with Gasteiger partial charge in [0.2, 0.25) is 0 Å². The lowest BCUT2D eigenvalue weighted by molar-refractivity contribution is 0.529. The second-order valence-corrected chi connectivity index (χ2v) is 6.13. The Bertz CT molecular complexity index is 575. The van der Waals surface area contributed by atoms with E-state index in [1.165, 1.54) is 22.3 Å². The van der Waals surface area contributed by atoms with Crippen LogP contribution in [0.15, 0.2) is 42.5 Å². The summed E-state index contributed by atoms with van der Waals surface area (Å²) in [5.41, 5.74) is 5.03. The summed E-state index contributed by atoms with van der Waals surface area (Å²) < 4.78 is 0. The van der Waals surface area contributed by atoms with Gasteiger partial charge in [-0.05, 0) is 56.0 Å². The smallest absolute Gasteiger partial charge is 0.0456 e. The summed E-state index contributed by atoms with van der Waals surface area (Å²) in [5.74, 6) is 0. The lowest BCUT2D eigenvalue weighted by Crippen LogP contribution is -2.24. The molecule has 0 spiro atoms. The molecule has 2 heteroatoms. The molecule has 0 heterocycles. The van der Waals surface area contributed by atoms with E-state index in [4.69, 9.17) is 11.6 Å². The Labute approximate surface area is 133 Å². The number of hydrogen-bond acceptors (Lipinski definition) is 1. The van der Waals surface area contributed by atoms with Crippen LogP contribution in [0.4, 0.5) is 0 Å². The molecule has 0 fully saturated rings. The van der Waals surface area contributed by atoms with Gasteiger partial charge in [0.25, 0.3) is 0 Å². The molecular formula is C19H24ClN. The maximum Gasteiger partial charge on any atom is 0.0456 e. The Kier molecular flexibility index (Phi) is 5.84. The fourth-order valence-electron chi connectivity index (χ4n) is 2.49. The van der Waals surface area contributed by atoms with Crippen molar-refractivity contribution in [2.45, 2.75) is 39.7 Å². The zero-order chi connectivity index (χ0) is 15.2. The standard InChI is InChI=1S/C19H24ClN/c1-4-11-21-19(13-16-8-5-14(2)6-9-16)17-10-7-15(3)12-18(17)20/h5-10,12,19,21H,4,11,13H2,1-3H3. The molecule has 1 unspecified atom stereocenters. The molecule has 1 nitrogen and oxygen atoms in total. The van der Waals surface area contributed by atoms with E-state index in [1.54, 1.807) is 0 Å². The lowest BCUT2D eigenvalue weighted by Gasteiger charge is -2.21. The molecule has 0 aliphatic rings. The maximum absolute atomic E-state index is 6.45. The average Bonchev–Trinajstić information content (AvgIpc) is 2.46. The summed E-state index contributed by atoms with van der Waals surface area (Å²) in [4.78, 5) is 0. The second kappa shape index (κ2) is 7.63. The number of halogens is 1. The summed E-state index contributed by atoms with van der Waals surface area (Å²) >= 11 is 6.45. The fraction of sp³-hybridized carbons (Fsp3) is 0.368. The Balaban J connectivity index is 2.22. The molecule has 0 bridgehead atoms. The number of nitrogens with one attached hydrogen (secondary N) is 1. The molecule has 0 saturated carbocycles. The van der Waals surface area contributed by atoms with E-state index < -0.39 is 0 Å². The molecule has 2 aromatic rings. The first-order chi connectivity index (χ1) is 10.1. The first kappa shape index (κ1) is 16.1. The Morgan fingerprint density at radius 1 is 1.00 bits per heavy atom. The minimum Gasteiger partial charge on any atom is -0.310 e. The zero-order valence-electron chi connectivity index (χ0n) is 13.1. The van der Waals surface area contributed by atoms with Crippen LogP contribution in [0.3, 0.4) is 0 Å². The van der Waals surface area contributed by atoms with Crippen LogP contribution in [-0.4, -0.2) is 6.54 Å². The van der Waals surface area contributed by atoms with E-state index in [0.29, 0.717) is 0 Å². The Morgan fingerprint density at radius 2 is 1.67 bits per heavy atom. The van der Waals surface area contributed by atoms with Crippen LogP contribution in [0.5, 0.6) is 0 Å². The maximum atomic E-state index is 6.45. The molecule has 0 radical (unpaired) electrons. The Hall–Kier alpha value is -1.31. The van der Waals surface area contributed by atoms with Crippen molar-refractivity contribution in [3.8, 4) is 0 Å². The highest BCUT2D eigenvalue weighted by atomic mass is 35.5. The minimum absolute atomic E-state index is 0.265. The average molecular weight is 302 g/mol. The predicted molar refractivity (Wildman–Crippen MR) is 92.1 cm³/mol. The van der Waals surface area contributed by atoms with Gasteiger partial charge in [-0.1, -0.05) is 60.5 Å². The van der Waals surface area contributed by atoms with Crippen molar-refractivity contribution >= 4 is 11.6 Å². The van der Waals surface area contributed by atoms with E-state index in [1.807, 2.05) is 6.07 Å². The van der Waals surface area contributed by atoms with Gasteiger partial charge in [-0.15, -0.1) is 0 Å². The van der Waals surface area contributed by atoms with Gasteiger partial charge in [0.15, 0.2) is 0 Å². The highest BCUT2D eigenvalue weighted by Crippen LogP contribution is 2.27. The van der Waals surface area contributed by atoms with Crippen molar-refractivity contribution in [3.05, 3.63) is 69.7 Å². The normalized spacial score (nSPS) is 12.4. The van der Waals surface area contributed by atoms with Gasteiger partial charge >= 0.3 is 0 Å². The van der Waals surface area contributed by atoms with Gasteiger partial charge in [0.05, 0.1) is 0 Å². The molecule has 2 rings (SSSR count). The van der Waals surface area contributed by atoms with Crippen molar-refractivity contribution < 1.29 is 0 Å². The minimum atomic E-state index is 0.265. The van der Waals surface area contributed by atoms with Crippen molar-refractivity contribution in [1.29, 1.82) is 0 Å². The summed E-state index contributed by atoms with van der Waals surface area (Å²) in [6.45, 7) is 7.38. The first-order valence-electron chi connectivity index (χ1n) is 7.65. The van der Waals surface area contributed by atoms with Crippen molar-refractivity contribution in [2.75, 3.05) is 6.54 Å². The largest absolute Gasteiger partial charge is 0.310 e. The first-order valence-corrected chi connectivity index (χ1v) is 8.03. The van der Waals surface area contributed by atoms with E-state index in [9.17, 15) is 0 Å². The Morgan fingerprint density at radius 3 is 2.29 bits per heavy atom. The number of hydrogen-bond donors (Lipinski definition) is 1. The predicted octanol–water partition coefficient (Wildman–Crippen LogP) is 5.24. The monoisotopic (exact) mass is 301 g/mol. The number of aryl methyl sites for hydroxylation is 2. The van der Waals surface area contributed by atoms with Gasteiger partial charge in [0, 0.05) is 11.1 Å². The van der Waals surface area contributed by atoms with Crippen LogP contribution in [-0.2, 0) is 6.42 Å². The van der Waals surface area contributed by atoms with E-state index in [0.717, 1.165) is 24.4 Å². The van der Waals surface area contributed by atoms with Crippen LogP contribution < -0.4 is 5.32 Å². The molecule has 0 saturated heterocycles. The molecule has 0 aromatic heterocycles. The molecule has 2 aromatic carbocycles. The van der Waals surface area contributed by atoms with Crippen LogP contribution >= 0.6 is 11.6 Å². The van der Waals surface area contributed by atoms with Gasteiger partial charge in [-0.2, -0.15) is 0 Å². The molecular weight excluding hydrogens is 278 g/mol. The molecule has 0 aliphatic carbocycles.